The van der Waals surface area contributed by atoms with Gasteiger partial charge in [0.1, 0.15) is 0 Å². The van der Waals surface area contributed by atoms with Crippen LogP contribution >= 0.6 is 11.8 Å². The third-order valence-electron chi connectivity index (χ3n) is 2.39. The smallest absolute Gasteiger partial charge is 0.0112 e. The average Bonchev–Trinajstić information content (AvgIpc) is 2.21. The molecule has 0 rings (SSSR count). The molecule has 14 heavy (non-hydrogen) atoms. The van der Waals surface area contributed by atoms with Crippen LogP contribution in [0.3, 0.4) is 0 Å². The lowest BCUT2D eigenvalue weighted by Crippen LogP contribution is -2.30. The van der Waals surface area contributed by atoms with E-state index in [0.717, 1.165) is 19.4 Å². The van der Waals surface area contributed by atoms with E-state index in [-0.39, 0.29) is 0 Å². The second-order valence-corrected chi connectivity index (χ2v) is 4.73. The van der Waals surface area contributed by atoms with Gasteiger partial charge < -0.3 is 5.32 Å². The van der Waals surface area contributed by atoms with Gasteiger partial charge in [-0.05, 0) is 44.2 Å². The minimum absolute atomic E-state index is 0.648. The second-order valence-electron chi connectivity index (χ2n) is 3.74. The Bertz CT molecular complexity index is 137. The molecule has 84 valence electrons. The Kier molecular flexibility index (Phi) is 9.63. The molecule has 1 N–H and O–H groups in total. The summed E-state index contributed by atoms with van der Waals surface area (Å²) in [5.41, 5.74) is 1.37. The first-order valence-electron chi connectivity index (χ1n) is 5.63. The van der Waals surface area contributed by atoms with Crippen molar-refractivity contribution in [2.45, 2.75) is 45.6 Å². The summed E-state index contributed by atoms with van der Waals surface area (Å²) < 4.78 is 0. The van der Waals surface area contributed by atoms with Crippen LogP contribution < -0.4 is 5.32 Å². The summed E-state index contributed by atoms with van der Waals surface area (Å²) in [6, 6.07) is 0.648. The van der Waals surface area contributed by atoms with Gasteiger partial charge in [-0.2, -0.15) is 11.8 Å². The summed E-state index contributed by atoms with van der Waals surface area (Å²) in [5, 5.41) is 3.60. The molecule has 0 radical (unpaired) electrons. The monoisotopic (exact) mass is 215 g/mol. The van der Waals surface area contributed by atoms with Gasteiger partial charge in [0.25, 0.3) is 0 Å². The van der Waals surface area contributed by atoms with Crippen molar-refractivity contribution in [3.05, 3.63) is 12.2 Å². The van der Waals surface area contributed by atoms with Gasteiger partial charge in [-0.15, -0.1) is 0 Å². The van der Waals surface area contributed by atoms with Gasteiger partial charge in [-0.25, -0.2) is 0 Å². The van der Waals surface area contributed by atoms with E-state index < -0.39 is 0 Å². The van der Waals surface area contributed by atoms with Crippen molar-refractivity contribution >= 4 is 11.8 Å². The standard InChI is InChI=1S/C12H25NS/c1-5-8-13-12(7-9-14-4)10-11(3)6-2/h12-13H,3,5-10H2,1-2,4H3. The Hall–Kier alpha value is 0.0500. The zero-order valence-electron chi connectivity index (χ0n) is 9.94. The van der Waals surface area contributed by atoms with Crippen LogP contribution in [0.2, 0.25) is 0 Å². The Morgan fingerprint density at radius 1 is 1.43 bits per heavy atom. The number of rotatable bonds is 9. The average molecular weight is 215 g/mol. The molecule has 1 atom stereocenters. The fourth-order valence-electron chi connectivity index (χ4n) is 1.38. The molecule has 1 nitrogen and oxygen atoms in total. The molecule has 0 aromatic rings. The maximum Gasteiger partial charge on any atom is 0.0112 e. The first kappa shape index (κ1) is 14.1. The maximum atomic E-state index is 4.08. The van der Waals surface area contributed by atoms with Crippen LogP contribution in [0.15, 0.2) is 12.2 Å². The Morgan fingerprint density at radius 2 is 2.14 bits per heavy atom. The normalized spacial score (nSPS) is 12.8. The van der Waals surface area contributed by atoms with Crippen LogP contribution in [0, 0.1) is 0 Å². The van der Waals surface area contributed by atoms with Crippen LogP contribution in [-0.2, 0) is 0 Å². The SMILES string of the molecule is C=C(CC)CC(CCSC)NCCC. The molecular formula is C12H25NS. The highest BCUT2D eigenvalue weighted by Crippen LogP contribution is 2.11. The number of nitrogens with one attached hydrogen (secondary N) is 1. The largest absolute Gasteiger partial charge is 0.314 e. The number of hydrogen-bond acceptors (Lipinski definition) is 2. The minimum Gasteiger partial charge on any atom is -0.314 e. The summed E-state index contributed by atoms with van der Waals surface area (Å²) in [6.07, 6.45) is 6.92. The third-order valence-corrected chi connectivity index (χ3v) is 3.03. The Balaban J connectivity index is 3.77. The highest BCUT2D eigenvalue weighted by molar-refractivity contribution is 7.98. The molecule has 0 saturated heterocycles. The van der Waals surface area contributed by atoms with Crippen LogP contribution in [-0.4, -0.2) is 24.6 Å². The first-order valence-corrected chi connectivity index (χ1v) is 7.02. The van der Waals surface area contributed by atoms with Crippen molar-refractivity contribution in [2.75, 3.05) is 18.6 Å². The van der Waals surface area contributed by atoms with Crippen LogP contribution in [0.4, 0.5) is 0 Å². The predicted molar refractivity (Wildman–Crippen MR) is 69.1 cm³/mol. The van der Waals surface area contributed by atoms with Gasteiger partial charge in [0.05, 0.1) is 0 Å². The van der Waals surface area contributed by atoms with Crippen molar-refractivity contribution in [2.24, 2.45) is 0 Å². The molecule has 0 heterocycles. The Labute approximate surface area is 93.7 Å². The van der Waals surface area contributed by atoms with E-state index in [2.05, 4.69) is 32.0 Å². The predicted octanol–water partition coefficient (Wildman–Crippen LogP) is 3.46. The lowest BCUT2D eigenvalue weighted by Gasteiger charge is -2.18. The van der Waals surface area contributed by atoms with Crippen LogP contribution in [0.5, 0.6) is 0 Å². The van der Waals surface area contributed by atoms with E-state index in [1.165, 1.54) is 24.2 Å². The second kappa shape index (κ2) is 9.60. The zero-order valence-corrected chi connectivity index (χ0v) is 10.8. The molecule has 0 aromatic heterocycles. The van der Waals surface area contributed by atoms with Crippen molar-refractivity contribution in [3.63, 3.8) is 0 Å². The molecule has 0 spiro atoms. The first-order chi connectivity index (χ1) is 6.74. The van der Waals surface area contributed by atoms with Crippen molar-refractivity contribution in [3.8, 4) is 0 Å². The van der Waals surface area contributed by atoms with Gasteiger partial charge in [0.2, 0.25) is 0 Å². The number of hydrogen-bond donors (Lipinski definition) is 1. The molecule has 0 saturated carbocycles. The summed E-state index contributed by atoms with van der Waals surface area (Å²) in [6.45, 7) is 9.62. The fraction of sp³-hybridized carbons (Fsp3) is 0.833. The van der Waals surface area contributed by atoms with E-state index in [4.69, 9.17) is 0 Å². The summed E-state index contributed by atoms with van der Waals surface area (Å²) in [5.74, 6) is 1.25. The summed E-state index contributed by atoms with van der Waals surface area (Å²) >= 11 is 1.93. The van der Waals surface area contributed by atoms with E-state index in [1.807, 2.05) is 11.8 Å². The summed E-state index contributed by atoms with van der Waals surface area (Å²) in [7, 11) is 0. The topological polar surface area (TPSA) is 12.0 Å². The maximum absolute atomic E-state index is 4.08. The van der Waals surface area contributed by atoms with E-state index in [1.54, 1.807) is 0 Å². The van der Waals surface area contributed by atoms with Crippen LogP contribution in [0.1, 0.15) is 39.5 Å². The van der Waals surface area contributed by atoms with E-state index >= 15 is 0 Å². The molecule has 0 fully saturated rings. The number of thioether (sulfide) groups is 1. The minimum atomic E-state index is 0.648. The van der Waals surface area contributed by atoms with Crippen molar-refractivity contribution < 1.29 is 0 Å². The van der Waals surface area contributed by atoms with Gasteiger partial charge in [0, 0.05) is 6.04 Å². The molecule has 2 heteroatoms. The van der Waals surface area contributed by atoms with Gasteiger partial charge >= 0.3 is 0 Å². The molecule has 0 aliphatic heterocycles. The zero-order chi connectivity index (χ0) is 10.8. The molecular weight excluding hydrogens is 190 g/mol. The highest BCUT2D eigenvalue weighted by Gasteiger charge is 2.07. The van der Waals surface area contributed by atoms with Crippen molar-refractivity contribution in [1.82, 2.24) is 5.32 Å². The van der Waals surface area contributed by atoms with E-state index in [0.29, 0.717) is 6.04 Å². The van der Waals surface area contributed by atoms with Gasteiger partial charge in [-0.1, -0.05) is 26.0 Å². The molecule has 0 aromatic carbocycles. The fourth-order valence-corrected chi connectivity index (χ4v) is 1.90. The lowest BCUT2D eigenvalue weighted by molar-refractivity contribution is 0.493. The summed E-state index contributed by atoms with van der Waals surface area (Å²) in [4.78, 5) is 0. The van der Waals surface area contributed by atoms with Crippen LogP contribution in [0.25, 0.3) is 0 Å². The lowest BCUT2D eigenvalue weighted by atomic mass is 10.0. The third kappa shape index (κ3) is 7.45. The highest BCUT2D eigenvalue weighted by atomic mass is 32.2. The molecule has 0 aliphatic carbocycles. The van der Waals surface area contributed by atoms with Crippen molar-refractivity contribution in [1.29, 1.82) is 0 Å². The molecule has 0 aliphatic rings. The van der Waals surface area contributed by atoms with E-state index in [9.17, 15) is 0 Å². The quantitative estimate of drug-likeness (QED) is 0.591. The van der Waals surface area contributed by atoms with Gasteiger partial charge in [-0.3, -0.25) is 0 Å². The molecule has 1 unspecified atom stereocenters. The Morgan fingerprint density at radius 3 is 2.64 bits per heavy atom. The molecule has 0 bridgehead atoms. The molecule has 0 amide bonds. The van der Waals surface area contributed by atoms with Gasteiger partial charge in [0.15, 0.2) is 0 Å².